The molecule has 0 heterocycles. The van der Waals surface area contributed by atoms with E-state index in [9.17, 15) is 18.0 Å². The average molecular weight is 418 g/mol. The lowest BCUT2D eigenvalue weighted by Crippen LogP contribution is -2.42. The second kappa shape index (κ2) is 8.30. The Morgan fingerprint density at radius 3 is 2.23 bits per heavy atom. The summed E-state index contributed by atoms with van der Waals surface area (Å²) in [5.74, 6) is 0.426. The van der Waals surface area contributed by atoms with Crippen molar-refractivity contribution in [2.24, 2.45) is 0 Å². The van der Waals surface area contributed by atoms with Crippen LogP contribution in [0.1, 0.15) is 49.1 Å². The van der Waals surface area contributed by atoms with Crippen LogP contribution in [0.5, 0.6) is 0 Å². The third-order valence-electron chi connectivity index (χ3n) is 6.16. The predicted molar refractivity (Wildman–Crippen MR) is 108 cm³/mol. The number of nitrogens with one attached hydrogen (secondary N) is 2. The first-order valence-electron chi connectivity index (χ1n) is 10.3. The van der Waals surface area contributed by atoms with Crippen molar-refractivity contribution in [2.45, 2.75) is 62.3 Å². The molecule has 4 nitrogen and oxygen atoms in total. The average Bonchev–Trinajstić information content (AvgIpc) is 3.48. The molecule has 4 rings (SSSR count). The third kappa shape index (κ3) is 4.95. The summed E-state index contributed by atoms with van der Waals surface area (Å²) < 4.78 is 38.8. The SMILES string of the molecule is O=C(O)N[C@H]1CC[C@H](N[C@H]2C[C@@H]2c2ccc(-c3cccc(C(F)(F)F)c3)cc2)CC1. The maximum Gasteiger partial charge on any atom is 0.416 e. The van der Waals surface area contributed by atoms with Crippen molar-refractivity contribution in [1.82, 2.24) is 10.6 Å². The summed E-state index contributed by atoms with van der Waals surface area (Å²) >= 11 is 0. The topological polar surface area (TPSA) is 61.4 Å². The summed E-state index contributed by atoms with van der Waals surface area (Å²) in [6, 6.07) is 14.1. The van der Waals surface area contributed by atoms with Gasteiger partial charge in [0.25, 0.3) is 0 Å². The van der Waals surface area contributed by atoms with Crippen molar-refractivity contribution in [2.75, 3.05) is 0 Å². The van der Waals surface area contributed by atoms with Gasteiger partial charge in [0.2, 0.25) is 0 Å². The van der Waals surface area contributed by atoms with Crippen LogP contribution in [0.2, 0.25) is 0 Å². The van der Waals surface area contributed by atoms with Gasteiger partial charge in [-0.3, -0.25) is 0 Å². The van der Waals surface area contributed by atoms with Crippen LogP contribution in [0.4, 0.5) is 18.0 Å². The highest BCUT2D eigenvalue weighted by atomic mass is 19.4. The second-order valence-corrected chi connectivity index (χ2v) is 8.31. The minimum absolute atomic E-state index is 0.0546. The van der Waals surface area contributed by atoms with Crippen LogP contribution < -0.4 is 10.6 Å². The van der Waals surface area contributed by atoms with Crippen molar-refractivity contribution in [3.8, 4) is 11.1 Å². The zero-order chi connectivity index (χ0) is 21.3. The van der Waals surface area contributed by atoms with Gasteiger partial charge in [-0.2, -0.15) is 13.2 Å². The number of halogens is 3. The Kier molecular flexibility index (Phi) is 5.73. The number of carboxylic acid groups (broad SMARTS) is 1. The Balaban J connectivity index is 1.31. The Morgan fingerprint density at radius 2 is 1.60 bits per heavy atom. The Morgan fingerprint density at radius 1 is 0.933 bits per heavy atom. The molecule has 7 heteroatoms. The Hall–Kier alpha value is -2.54. The van der Waals surface area contributed by atoms with Gasteiger partial charge in [0.15, 0.2) is 0 Å². The minimum Gasteiger partial charge on any atom is -0.465 e. The molecule has 2 saturated carbocycles. The highest BCUT2D eigenvalue weighted by Crippen LogP contribution is 2.42. The molecule has 0 saturated heterocycles. The molecule has 0 bridgehead atoms. The zero-order valence-electron chi connectivity index (χ0n) is 16.5. The summed E-state index contributed by atoms with van der Waals surface area (Å²) in [6.45, 7) is 0. The fourth-order valence-corrected chi connectivity index (χ4v) is 4.43. The second-order valence-electron chi connectivity index (χ2n) is 8.31. The zero-order valence-corrected chi connectivity index (χ0v) is 16.5. The van der Waals surface area contributed by atoms with Gasteiger partial charge in [-0.15, -0.1) is 0 Å². The molecule has 0 radical (unpaired) electrons. The molecule has 2 fully saturated rings. The Labute approximate surface area is 173 Å². The van der Waals surface area contributed by atoms with Gasteiger partial charge in [-0.25, -0.2) is 4.79 Å². The summed E-state index contributed by atoms with van der Waals surface area (Å²) in [7, 11) is 0. The molecule has 2 atom stereocenters. The third-order valence-corrected chi connectivity index (χ3v) is 6.16. The largest absolute Gasteiger partial charge is 0.465 e. The van der Waals surface area contributed by atoms with E-state index in [0.29, 0.717) is 23.6 Å². The van der Waals surface area contributed by atoms with E-state index < -0.39 is 17.8 Å². The van der Waals surface area contributed by atoms with E-state index in [1.807, 2.05) is 24.3 Å². The molecule has 1 amide bonds. The molecular formula is C23H25F3N2O2. The molecule has 2 aliphatic rings. The van der Waals surface area contributed by atoms with Crippen LogP contribution >= 0.6 is 0 Å². The fourth-order valence-electron chi connectivity index (χ4n) is 4.43. The van der Waals surface area contributed by atoms with Crippen LogP contribution in [-0.4, -0.2) is 29.3 Å². The van der Waals surface area contributed by atoms with Crippen molar-refractivity contribution in [3.05, 3.63) is 59.7 Å². The van der Waals surface area contributed by atoms with Crippen LogP contribution in [0.25, 0.3) is 11.1 Å². The van der Waals surface area contributed by atoms with Crippen LogP contribution in [0, 0.1) is 0 Å². The van der Waals surface area contributed by atoms with Crippen molar-refractivity contribution >= 4 is 6.09 Å². The van der Waals surface area contributed by atoms with Gasteiger partial charge in [0.05, 0.1) is 5.56 Å². The van der Waals surface area contributed by atoms with Crippen LogP contribution in [0.15, 0.2) is 48.5 Å². The molecule has 0 aromatic heterocycles. The number of hydrogen-bond acceptors (Lipinski definition) is 2. The predicted octanol–water partition coefficient (Wildman–Crippen LogP) is 5.40. The maximum absolute atomic E-state index is 12.9. The number of hydrogen-bond donors (Lipinski definition) is 3. The lowest BCUT2D eigenvalue weighted by molar-refractivity contribution is -0.137. The van der Waals surface area contributed by atoms with E-state index in [4.69, 9.17) is 5.11 Å². The highest BCUT2D eigenvalue weighted by Gasteiger charge is 2.40. The number of amides is 1. The molecule has 0 unspecified atom stereocenters. The van der Waals surface area contributed by atoms with E-state index in [-0.39, 0.29) is 6.04 Å². The molecule has 2 aliphatic carbocycles. The summed E-state index contributed by atoms with van der Waals surface area (Å²) in [4.78, 5) is 10.7. The van der Waals surface area contributed by atoms with Gasteiger partial charge >= 0.3 is 12.3 Å². The van der Waals surface area contributed by atoms with Crippen LogP contribution in [-0.2, 0) is 6.18 Å². The summed E-state index contributed by atoms with van der Waals surface area (Å²) in [5.41, 5.74) is 1.90. The lowest BCUT2D eigenvalue weighted by Gasteiger charge is -2.29. The van der Waals surface area contributed by atoms with E-state index in [1.165, 1.54) is 17.7 Å². The normalized spacial score (nSPS) is 26.2. The fraction of sp³-hybridized carbons (Fsp3) is 0.435. The first-order chi connectivity index (χ1) is 14.3. The first kappa shape index (κ1) is 20.7. The van der Waals surface area contributed by atoms with Crippen LogP contribution in [0.3, 0.4) is 0 Å². The summed E-state index contributed by atoms with van der Waals surface area (Å²) in [6.07, 6.45) is -0.616. The van der Waals surface area contributed by atoms with Gasteiger partial charge < -0.3 is 15.7 Å². The van der Waals surface area contributed by atoms with Gasteiger partial charge in [0.1, 0.15) is 0 Å². The molecule has 160 valence electrons. The van der Waals surface area contributed by atoms with Gasteiger partial charge in [-0.1, -0.05) is 36.4 Å². The molecule has 0 spiro atoms. The van der Waals surface area contributed by atoms with Crippen molar-refractivity contribution in [3.63, 3.8) is 0 Å². The maximum atomic E-state index is 12.9. The standard InChI is InChI=1S/C23H25F3N2O2/c24-23(25,26)17-3-1-2-16(12-17)14-4-6-15(7-5-14)20-13-21(20)27-18-8-10-19(11-9-18)28-22(29)30/h1-7,12,18-21,27-28H,8-11,13H2,(H,29,30)/t18-,19-,20-,21+/m1/s1. The van der Waals surface area contributed by atoms with E-state index in [0.717, 1.165) is 43.7 Å². The number of benzene rings is 2. The molecule has 2 aromatic rings. The number of carbonyl (C=O) groups is 1. The lowest BCUT2D eigenvalue weighted by atomic mass is 9.91. The Bertz CT molecular complexity index is 890. The van der Waals surface area contributed by atoms with Crippen molar-refractivity contribution in [1.29, 1.82) is 0 Å². The minimum atomic E-state index is -4.34. The quantitative estimate of drug-likeness (QED) is 0.610. The molecular weight excluding hydrogens is 393 g/mol. The monoisotopic (exact) mass is 418 g/mol. The molecule has 2 aromatic carbocycles. The number of rotatable bonds is 5. The first-order valence-corrected chi connectivity index (χ1v) is 10.3. The summed E-state index contributed by atoms with van der Waals surface area (Å²) in [5, 5.41) is 15.1. The molecule has 3 N–H and O–H groups in total. The van der Waals surface area contributed by atoms with Gasteiger partial charge in [0, 0.05) is 24.0 Å². The highest BCUT2D eigenvalue weighted by molar-refractivity contribution is 5.65. The molecule has 0 aliphatic heterocycles. The van der Waals surface area contributed by atoms with Crippen molar-refractivity contribution < 1.29 is 23.1 Å². The van der Waals surface area contributed by atoms with E-state index in [1.54, 1.807) is 6.07 Å². The van der Waals surface area contributed by atoms with Gasteiger partial charge in [-0.05, 0) is 60.9 Å². The van der Waals surface area contributed by atoms with E-state index >= 15 is 0 Å². The van der Waals surface area contributed by atoms with E-state index in [2.05, 4.69) is 10.6 Å². The number of alkyl halides is 3. The smallest absolute Gasteiger partial charge is 0.416 e. The molecule has 30 heavy (non-hydrogen) atoms.